The van der Waals surface area contributed by atoms with Crippen LogP contribution in [0.3, 0.4) is 0 Å². The fourth-order valence-electron chi connectivity index (χ4n) is 2.99. The first-order valence-electron chi connectivity index (χ1n) is 9.29. The van der Waals surface area contributed by atoms with E-state index in [2.05, 4.69) is 31.3 Å². The number of halogens is 1. The molecule has 4 aromatic rings. The van der Waals surface area contributed by atoms with Gasteiger partial charge in [-0.05, 0) is 55.0 Å². The molecule has 0 aliphatic carbocycles. The van der Waals surface area contributed by atoms with Gasteiger partial charge >= 0.3 is 0 Å². The first-order chi connectivity index (χ1) is 14.5. The maximum Gasteiger partial charge on any atom is 0.295 e. The van der Waals surface area contributed by atoms with Crippen LogP contribution in [0.2, 0.25) is 0 Å². The van der Waals surface area contributed by atoms with Crippen LogP contribution in [-0.4, -0.2) is 27.8 Å². The van der Waals surface area contributed by atoms with E-state index in [-0.39, 0.29) is 11.7 Å². The van der Waals surface area contributed by atoms with Gasteiger partial charge in [0, 0.05) is 15.7 Å². The van der Waals surface area contributed by atoms with E-state index in [9.17, 15) is 4.79 Å². The highest BCUT2D eigenvalue weighted by atomic mass is 79.9. The molecule has 1 heterocycles. The lowest BCUT2D eigenvalue weighted by molar-refractivity contribution is 0.101. The van der Waals surface area contributed by atoms with Gasteiger partial charge in [0.05, 0.1) is 12.8 Å². The lowest BCUT2D eigenvalue weighted by atomic mass is 10.2. The summed E-state index contributed by atoms with van der Waals surface area (Å²) in [5.74, 6) is 1.03. The van der Waals surface area contributed by atoms with E-state index in [0.29, 0.717) is 5.82 Å². The smallest absolute Gasteiger partial charge is 0.295 e. The third-order valence-corrected chi connectivity index (χ3v) is 5.15. The van der Waals surface area contributed by atoms with Gasteiger partial charge in [-0.1, -0.05) is 46.3 Å². The van der Waals surface area contributed by atoms with Gasteiger partial charge in [-0.15, -0.1) is 5.10 Å². The van der Waals surface area contributed by atoms with Crippen LogP contribution < -0.4 is 10.1 Å². The Morgan fingerprint density at radius 2 is 1.70 bits per heavy atom. The molecule has 0 spiro atoms. The molecule has 6 nitrogen and oxygen atoms in total. The summed E-state index contributed by atoms with van der Waals surface area (Å²) in [5, 5.41) is 7.39. The van der Waals surface area contributed by atoms with Crippen molar-refractivity contribution in [1.29, 1.82) is 0 Å². The number of hydrogen-bond donors (Lipinski definition) is 1. The average Bonchev–Trinajstić information content (AvgIpc) is 3.21. The summed E-state index contributed by atoms with van der Waals surface area (Å²) in [7, 11) is 1.62. The number of methoxy groups -OCH3 is 1. The predicted molar refractivity (Wildman–Crippen MR) is 120 cm³/mol. The molecule has 0 unspecified atom stereocenters. The van der Waals surface area contributed by atoms with E-state index in [0.717, 1.165) is 32.7 Å². The van der Waals surface area contributed by atoms with Crippen molar-refractivity contribution >= 4 is 27.5 Å². The van der Waals surface area contributed by atoms with Gasteiger partial charge < -0.3 is 10.1 Å². The van der Waals surface area contributed by atoms with E-state index in [1.807, 2.05) is 79.7 Å². The Morgan fingerprint density at radius 3 is 2.37 bits per heavy atom. The largest absolute Gasteiger partial charge is 0.497 e. The number of nitrogens with zero attached hydrogens (tertiary/aromatic N) is 3. The van der Waals surface area contributed by atoms with Gasteiger partial charge in [-0.25, -0.2) is 9.67 Å². The molecule has 7 heteroatoms. The topological polar surface area (TPSA) is 69.0 Å². The van der Waals surface area contributed by atoms with Crippen molar-refractivity contribution in [3.05, 3.63) is 88.7 Å². The minimum absolute atomic E-state index is 0.0898. The number of aromatic nitrogens is 3. The van der Waals surface area contributed by atoms with Gasteiger partial charge in [-0.2, -0.15) is 0 Å². The van der Waals surface area contributed by atoms with Gasteiger partial charge in [-0.3, -0.25) is 4.79 Å². The molecule has 1 amide bonds. The summed E-state index contributed by atoms with van der Waals surface area (Å²) in [5.41, 5.74) is 3.31. The number of ether oxygens (including phenoxy) is 1. The summed E-state index contributed by atoms with van der Waals surface area (Å²) in [6, 6.07) is 22.7. The Hall–Kier alpha value is -3.45. The van der Waals surface area contributed by atoms with E-state index in [1.165, 1.54) is 0 Å². The first kappa shape index (κ1) is 19.8. The number of aryl methyl sites for hydroxylation is 1. The molecular weight excluding hydrogens is 444 g/mol. The Bertz CT molecular complexity index is 1180. The number of nitrogens with one attached hydrogen (secondary N) is 1. The molecular formula is C23H19BrN4O2. The van der Waals surface area contributed by atoms with Crippen molar-refractivity contribution in [2.75, 3.05) is 12.4 Å². The maximum absolute atomic E-state index is 12.9. The number of amides is 1. The van der Waals surface area contributed by atoms with E-state index < -0.39 is 0 Å². The van der Waals surface area contributed by atoms with Crippen LogP contribution in [0.1, 0.15) is 16.2 Å². The molecule has 0 saturated carbocycles. The average molecular weight is 463 g/mol. The van der Waals surface area contributed by atoms with Gasteiger partial charge in [0.25, 0.3) is 5.91 Å². The van der Waals surface area contributed by atoms with Crippen molar-refractivity contribution in [2.45, 2.75) is 6.92 Å². The number of carbonyl (C=O) groups is 1. The second kappa shape index (κ2) is 8.51. The van der Waals surface area contributed by atoms with Gasteiger partial charge in [0.2, 0.25) is 5.82 Å². The van der Waals surface area contributed by atoms with Crippen LogP contribution in [-0.2, 0) is 0 Å². The monoisotopic (exact) mass is 462 g/mol. The minimum atomic E-state index is -0.366. The van der Waals surface area contributed by atoms with Gasteiger partial charge in [0.1, 0.15) is 5.75 Å². The molecule has 1 N–H and O–H groups in total. The SMILES string of the molecule is COc1ccc(-n2nc(C(=O)Nc3ccccc3C)nc2-c2ccc(Br)cc2)cc1. The molecule has 4 rings (SSSR count). The van der Waals surface area contributed by atoms with Crippen molar-refractivity contribution in [2.24, 2.45) is 0 Å². The zero-order valence-electron chi connectivity index (χ0n) is 16.5. The number of para-hydroxylation sites is 1. The van der Waals surface area contributed by atoms with Crippen LogP contribution in [0, 0.1) is 6.92 Å². The molecule has 0 aliphatic heterocycles. The zero-order chi connectivity index (χ0) is 21.1. The molecule has 150 valence electrons. The van der Waals surface area contributed by atoms with Gasteiger partial charge in [0.15, 0.2) is 5.82 Å². The fourth-order valence-corrected chi connectivity index (χ4v) is 3.25. The second-order valence-electron chi connectivity index (χ2n) is 6.64. The quantitative estimate of drug-likeness (QED) is 0.438. The number of benzene rings is 3. The van der Waals surface area contributed by atoms with Crippen LogP contribution >= 0.6 is 15.9 Å². The summed E-state index contributed by atoms with van der Waals surface area (Å²) < 4.78 is 7.86. The Morgan fingerprint density at radius 1 is 1.00 bits per heavy atom. The van der Waals surface area contributed by atoms with Crippen LogP contribution in [0.25, 0.3) is 17.1 Å². The Labute approximate surface area is 182 Å². The minimum Gasteiger partial charge on any atom is -0.497 e. The lowest BCUT2D eigenvalue weighted by Gasteiger charge is -2.07. The number of hydrogen-bond acceptors (Lipinski definition) is 4. The fraction of sp³-hybridized carbons (Fsp3) is 0.0870. The highest BCUT2D eigenvalue weighted by Crippen LogP contribution is 2.25. The van der Waals surface area contributed by atoms with Crippen molar-refractivity contribution < 1.29 is 9.53 Å². The van der Waals surface area contributed by atoms with Crippen LogP contribution in [0.4, 0.5) is 5.69 Å². The standard InChI is InChI=1S/C23H19BrN4O2/c1-15-5-3-4-6-20(15)25-23(29)21-26-22(16-7-9-17(24)10-8-16)28(27-21)18-11-13-19(30-2)14-12-18/h3-14H,1-2H3,(H,25,29). The third kappa shape index (κ3) is 4.11. The lowest BCUT2D eigenvalue weighted by Crippen LogP contribution is -2.15. The van der Waals surface area contributed by atoms with Crippen LogP contribution in [0.5, 0.6) is 5.75 Å². The van der Waals surface area contributed by atoms with E-state index >= 15 is 0 Å². The molecule has 0 bridgehead atoms. The van der Waals surface area contributed by atoms with Crippen molar-refractivity contribution in [3.63, 3.8) is 0 Å². The van der Waals surface area contributed by atoms with Crippen LogP contribution in [0.15, 0.2) is 77.3 Å². The molecule has 0 fully saturated rings. The molecule has 0 saturated heterocycles. The van der Waals surface area contributed by atoms with E-state index in [1.54, 1.807) is 11.8 Å². The molecule has 30 heavy (non-hydrogen) atoms. The molecule has 0 aliphatic rings. The maximum atomic E-state index is 12.9. The Kier molecular flexibility index (Phi) is 5.63. The van der Waals surface area contributed by atoms with E-state index in [4.69, 9.17) is 4.74 Å². The highest BCUT2D eigenvalue weighted by Gasteiger charge is 2.19. The number of rotatable bonds is 5. The first-order valence-corrected chi connectivity index (χ1v) is 10.1. The normalized spacial score (nSPS) is 10.6. The summed E-state index contributed by atoms with van der Waals surface area (Å²) in [6.45, 7) is 1.94. The van der Waals surface area contributed by atoms with Crippen molar-refractivity contribution in [3.8, 4) is 22.8 Å². The number of anilines is 1. The number of carbonyl (C=O) groups excluding carboxylic acids is 1. The summed E-state index contributed by atoms with van der Waals surface area (Å²) in [4.78, 5) is 17.4. The van der Waals surface area contributed by atoms with Crippen molar-refractivity contribution in [1.82, 2.24) is 14.8 Å². The predicted octanol–water partition coefficient (Wildman–Crippen LogP) is 5.27. The Balaban J connectivity index is 1.75. The summed E-state index contributed by atoms with van der Waals surface area (Å²) in [6.07, 6.45) is 0. The third-order valence-electron chi connectivity index (χ3n) is 4.62. The zero-order valence-corrected chi connectivity index (χ0v) is 18.1. The second-order valence-corrected chi connectivity index (χ2v) is 7.56. The molecule has 1 aromatic heterocycles. The molecule has 0 radical (unpaired) electrons. The molecule has 3 aromatic carbocycles. The summed E-state index contributed by atoms with van der Waals surface area (Å²) >= 11 is 3.45. The molecule has 0 atom stereocenters. The highest BCUT2D eigenvalue weighted by molar-refractivity contribution is 9.10.